The molecule has 0 atom stereocenters. The van der Waals surface area contributed by atoms with Crippen molar-refractivity contribution in [2.45, 2.75) is 12.6 Å². The van der Waals surface area contributed by atoms with Crippen molar-refractivity contribution in [2.24, 2.45) is 0 Å². The first-order valence-electron chi connectivity index (χ1n) is 5.42. The molecule has 0 aliphatic carbocycles. The van der Waals surface area contributed by atoms with Gasteiger partial charge in [0.25, 0.3) is 0 Å². The number of halogens is 3. The van der Waals surface area contributed by atoms with Crippen LogP contribution in [-0.2, 0) is 17.4 Å². The van der Waals surface area contributed by atoms with Crippen molar-refractivity contribution in [2.75, 3.05) is 5.73 Å². The summed E-state index contributed by atoms with van der Waals surface area (Å²) in [5.74, 6) is -1.12. The van der Waals surface area contributed by atoms with Gasteiger partial charge < -0.3 is 10.8 Å². The summed E-state index contributed by atoms with van der Waals surface area (Å²) in [6.45, 7) is 0. The Bertz CT molecular complexity index is 652. The fraction of sp³-hybridized carbons (Fsp3) is 0.167. The summed E-state index contributed by atoms with van der Waals surface area (Å²) in [6.07, 6.45) is -4.85. The van der Waals surface area contributed by atoms with E-state index in [-0.39, 0.29) is 22.8 Å². The van der Waals surface area contributed by atoms with Crippen molar-refractivity contribution in [1.29, 1.82) is 0 Å². The minimum absolute atomic E-state index is 0.119. The first-order valence-corrected chi connectivity index (χ1v) is 6.23. The summed E-state index contributed by atoms with van der Waals surface area (Å²) in [4.78, 5) is 14.9. The lowest BCUT2D eigenvalue weighted by Crippen LogP contribution is -2.05. The van der Waals surface area contributed by atoms with Crippen molar-refractivity contribution in [3.63, 3.8) is 0 Å². The highest BCUT2D eigenvalue weighted by Gasteiger charge is 2.30. The van der Waals surface area contributed by atoms with Gasteiger partial charge in [-0.15, -0.1) is 0 Å². The largest absolute Gasteiger partial charge is 0.481 e. The molecule has 0 aliphatic heterocycles. The van der Waals surface area contributed by atoms with Crippen LogP contribution in [0.15, 0.2) is 24.3 Å². The van der Waals surface area contributed by atoms with E-state index in [1.54, 1.807) is 0 Å². The topological polar surface area (TPSA) is 76.2 Å². The highest BCUT2D eigenvalue weighted by atomic mass is 32.1. The van der Waals surface area contributed by atoms with Gasteiger partial charge in [-0.2, -0.15) is 13.2 Å². The minimum atomic E-state index is -4.46. The molecular formula is C12H9F3N2O2S. The molecule has 8 heteroatoms. The summed E-state index contributed by atoms with van der Waals surface area (Å²) in [6, 6.07) is 4.63. The number of nitrogens with two attached hydrogens (primary N) is 1. The van der Waals surface area contributed by atoms with Gasteiger partial charge in [0, 0.05) is 0 Å². The minimum Gasteiger partial charge on any atom is -0.481 e. The van der Waals surface area contributed by atoms with E-state index in [0.29, 0.717) is 4.88 Å². The van der Waals surface area contributed by atoms with Gasteiger partial charge in [-0.3, -0.25) is 4.79 Å². The van der Waals surface area contributed by atoms with E-state index in [1.807, 2.05) is 0 Å². The molecule has 0 aliphatic rings. The smallest absolute Gasteiger partial charge is 0.416 e. The number of aromatic nitrogens is 1. The zero-order valence-electron chi connectivity index (χ0n) is 9.94. The Morgan fingerprint density at radius 2 is 2.10 bits per heavy atom. The zero-order valence-corrected chi connectivity index (χ0v) is 10.8. The highest BCUT2D eigenvalue weighted by Crippen LogP contribution is 2.36. The lowest BCUT2D eigenvalue weighted by atomic mass is 10.1. The maximum absolute atomic E-state index is 12.7. The molecular weight excluding hydrogens is 293 g/mol. The van der Waals surface area contributed by atoms with Gasteiger partial charge in [0.1, 0.15) is 0 Å². The summed E-state index contributed by atoms with van der Waals surface area (Å²) in [5.41, 5.74) is 5.13. The number of hydrogen-bond donors (Lipinski definition) is 2. The van der Waals surface area contributed by atoms with Crippen LogP contribution in [0.1, 0.15) is 11.3 Å². The Balaban J connectivity index is 2.49. The molecule has 3 N–H and O–H groups in total. The Morgan fingerprint density at radius 3 is 2.70 bits per heavy atom. The Kier molecular flexibility index (Phi) is 3.67. The van der Waals surface area contributed by atoms with Crippen LogP contribution in [0.5, 0.6) is 0 Å². The van der Waals surface area contributed by atoms with E-state index in [4.69, 9.17) is 10.8 Å². The Hall–Kier alpha value is -2.09. The molecule has 0 amide bonds. The number of carboxylic acids is 1. The molecule has 20 heavy (non-hydrogen) atoms. The van der Waals surface area contributed by atoms with E-state index >= 15 is 0 Å². The number of nitrogen functional groups attached to an aromatic ring is 1. The van der Waals surface area contributed by atoms with E-state index in [9.17, 15) is 18.0 Å². The summed E-state index contributed by atoms with van der Waals surface area (Å²) < 4.78 is 38.0. The van der Waals surface area contributed by atoms with Gasteiger partial charge in [0.05, 0.1) is 22.6 Å². The number of benzene rings is 1. The van der Waals surface area contributed by atoms with Gasteiger partial charge in [0.15, 0.2) is 5.13 Å². The Morgan fingerprint density at radius 1 is 1.40 bits per heavy atom. The van der Waals surface area contributed by atoms with Crippen LogP contribution >= 0.6 is 11.3 Å². The molecule has 1 heterocycles. The number of anilines is 1. The maximum Gasteiger partial charge on any atom is 0.416 e. The SMILES string of the molecule is Nc1nc(CC(=O)O)c(-c2cccc(C(F)(F)F)c2)s1. The molecule has 0 unspecified atom stereocenters. The van der Waals surface area contributed by atoms with E-state index < -0.39 is 17.7 Å². The summed E-state index contributed by atoms with van der Waals surface area (Å²) >= 11 is 0.965. The molecule has 0 radical (unpaired) electrons. The van der Waals surface area contributed by atoms with Crippen LogP contribution in [0.3, 0.4) is 0 Å². The molecule has 0 saturated carbocycles. The molecule has 0 fully saturated rings. The highest BCUT2D eigenvalue weighted by molar-refractivity contribution is 7.18. The lowest BCUT2D eigenvalue weighted by Gasteiger charge is -2.08. The molecule has 0 bridgehead atoms. The van der Waals surface area contributed by atoms with Gasteiger partial charge in [-0.1, -0.05) is 23.5 Å². The quantitative estimate of drug-likeness (QED) is 0.913. The van der Waals surface area contributed by atoms with Crippen molar-refractivity contribution < 1.29 is 23.1 Å². The lowest BCUT2D eigenvalue weighted by molar-refractivity contribution is -0.138. The molecule has 2 aromatic rings. The predicted octanol–water partition coefficient (Wildman–Crippen LogP) is 3.04. The molecule has 4 nitrogen and oxygen atoms in total. The number of nitrogens with zero attached hydrogens (tertiary/aromatic N) is 1. The van der Waals surface area contributed by atoms with Crippen molar-refractivity contribution in [1.82, 2.24) is 4.98 Å². The first kappa shape index (κ1) is 14.3. The fourth-order valence-electron chi connectivity index (χ4n) is 1.70. The average Bonchev–Trinajstić information content (AvgIpc) is 2.68. The van der Waals surface area contributed by atoms with Crippen molar-refractivity contribution in [3.8, 4) is 10.4 Å². The average molecular weight is 302 g/mol. The van der Waals surface area contributed by atoms with Crippen LogP contribution in [0, 0.1) is 0 Å². The van der Waals surface area contributed by atoms with Crippen molar-refractivity contribution in [3.05, 3.63) is 35.5 Å². The van der Waals surface area contributed by atoms with Gasteiger partial charge in [-0.25, -0.2) is 4.98 Å². The Labute approximate surface area is 115 Å². The fourth-order valence-corrected chi connectivity index (χ4v) is 2.54. The van der Waals surface area contributed by atoms with E-state index in [0.717, 1.165) is 23.5 Å². The van der Waals surface area contributed by atoms with Crippen LogP contribution in [-0.4, -0.2) is 16.1 Å². The van der Waals surface area contributed by atoms with E-state index in [2.05, 4.69) is 4.98 Å². The van der Waals surface area contributed by atoms with Crippen LogP contribution in [0.25, 0.3) is 10.4 Å². The maximum atomic E-state index is 12.7. The molecule has 1 aromatic carbocycles. The third-order valence-corrected chi connectivity index (χ3v) is 3.46. The normalized spacial score (nSPS) is 11.6. The summed E-state index contributed by atoms with van der Waals surface area (Å²) in [7, 11) is 0. The van der Waals surface area contributed by atoms with Crippen LogP contribution in [0.4, 0.5) is 18.3 Å². The number of carbonyl (C=O) groups is 1. The third kappa shape index (κ3) is 3.08. The van der Waals surface area contributed by atoms with Gasteiger partial charge >= 0.3 is 12.1 Å². The third-order valence-electron chi connectivity index (χ3n) is 2.48. The van der Waals surface area contributed by atoms with E-state index in [1.165, 1.54) is 12.1 Å². The summed E-state index contributed by atoms with van der Waals surface area (Å²) in [5, 5.41) is 8.89. The predicted molar refractivity (Wildman–Crippen MR) is 68.3 cm³/mol. The number of thiazole rings is 1. The molecule has 2 rings (SSSR count). The van der Waals surface area contributed by atoms with Crippen LogP contribution < -0.4 is 5.73 Å². The number of carboxylic acid groups (broad SMARTS) is 1. The van der Waals surface area contributed by atoms with Gasteiger partial charge in [-0.05, 0) is 17.7 Å². The molecule has 106 valence electrons. The second-order valence-corrected chi connectivity index (χ2v) is 5.01. The molecule has 0 spiro atoms. The number of alkyl halides is 3. The first-order chi connectivity index (χ1) is 9.27. The molecule has 0 saturated heterocycles. The number of aliphatic carboxylic acids is 1. The van der Waals surface area contributed by atoms with Crippen LogP contribution in [0.2, 0.25) is 0 Å². The van der Waals surface area contributed by atoms with Crippen molar-refractivity contribution >= 4 is 22.4 Å². The second kappa shape index (κ2) is 5.12. The standard InChI is InChI=1S/C12H9F3N2O2S/c13-12(14,15)7-3-1-2-6(4-7)10-8(5-9(18)19)17-11(16)20-10/h1-4H,5H2,(H2,16,17)(H,18,19). The van der Waals surface area contributed by atoms with Gasteiger partial charge in [0.2, 0.25) is 0 Å². The monoisotopic (exact) mass is 302 g/mol. The zero-order chi connectivity index (χ0) is 14.9. The number of hydrogen-bond acceptors (Lipinski definition) is 4. The number of rotatable bonds is 3. The molecule has 1 aromatic heterocycles. The second-order valence-electron chi connectivity index (χ2n) is 3.98.